The summed E-state index contributed by atoms with van der Waals surface area (Å²) in [6.45, 7) is 1.33. The second kappa shape index (κ2) is 9.78. The van der Waals surface area contributed by atoms with Crippen molar-refractivity contribution in [2.75, 3.05) is 11.9 Å². The third kappa shape index (κ3) is 6.01. The van der Waals surface area contributed by atoms with Crippen LogP contribution in [0.2, 0.25) is 0 Å². The fourth-order valence-corrected chi connectivity index (χ4v) is 3.14. The van der Waals surface area contributed by atoms with Crippen molar-refractivity contribution in [3.8, 4) is 5.75 Å². The van der Waals surface area contributed by atoms with Crippen LogP contribution in [0.25, 0.3) is 0 Å². The van der Waals surface area contributed by atoms with Gasteiger partial charge in [0.05, 0.1) is 0 Å². The number of carbonyl (C=O) groups excluding carboxylic acids is 2. The highest BCUT2D eigenvalue weighted by Crippen LogP contribution is 2.20. The fraction of sp³-hybridized carbons (Fsp3) is 0.364. The van der Waals surface area contributed by atoms with Gasteiger partial charge in [-0.05, 0) is 56.2 Å². The summed E-state index contributed by atoms with van der Waals surface area (Å²) < 4.78 is 10.6. The summed E-state index contributed by atoms with van der Waals surface area (Å²) in [5.41, 5.74) is 1.91. The quantitative estimate of drug-likeness (QED) is 0.679. The molecule has 2 N–H and O–H groups in total. The van der Waals surface area contributed by atoms with Gasteiger partial charge < -0.3 is 20.1 Å². The molecule has 0 spiro atoms. The third-order valence-electron chi connectivity index (χ3n) is 4.65. The van der Waals surface area contributed by atoms with E-state index in [1.807, 2.05) is 42.5 Å². The van der Waals surface area contributed by atoms with Crippen LogP contribution >= 0.6 is 0 Å². The van der Waals surface area contributed by atoms with Gasteiger partial charge in [-0.3, -0.25) is 4.79 Å². The van der Waals surface area contributed by atoms with Gasteiger partial charge in [-0.2, -0.15) is 0 Å². The first-order valence-electron chi connectivity index (χ1n) is 9.65. The fourth-order valence-electron chi connectivity index (χ4n) is 3.14. The molecule has 1 amide bonds. The van der Waals surface area contributed by atoms with Crippen LogP contribution in [0.1, 0.15) is 32.6 Å². The molecule has 0 saturated heterocycles. The van der Waals surface area contributed by atoms with E-state index in [9.17, 15) is 9.59 Å². The van der Waals surface area contributed by atoms with Gasteiger partial charge in [-0.1, -0.05) is 31.0 Å². The molecule has 6 nitrogen and oxygen atoms in total. The smallest absolute Gasteiger partial charge is 0.344 e. The number of hydrogen-bond acceptors (Lipinski definition) is 5. The molecule has 0 unspecified atom stereocenters. The number of carbonyl (C=O) groups is 2. The Kier molecular flexibility index (Phi) is 6.89. The zero-order valence-corrected chi connectivity index (χ0v) is 16.0. The summed E-state index contributed by atoms with van der Waals surface area (Å²) in [6, 6.07) is 17.3. The Morgan fingerprint density at radius 2 is 1.64 bits per heavy atom. The maximum Gasteiger partial charge on any atom is 0.344 e. The Morgan fingerprint density at radius 3 is 2.32 bits per heavy atom. The highest BCUT2D eigenvalue weighted by atomic mass is 16.6. The summed E-state index contributed by atoms with van der Waals surface area (Å²) in [6.07, 6.45) is 3.42. The van der Waals surface area contributed by atoms with Crippen LogP contribution in [0, 0.1) is 0 Å². The van der Waals surface area contributed by atoms with Crippen molar-refractivity contribution in [1.82, 2.24) is 5.32 Å². The highest BCUT2D eigenvalue weighted by molar-refractivity contribution is 5.83. The molecule has 28 heavy (non-hydrogen) atoms. The molecule has 3 rings (SSSR count). The van der Waals surface area contributed by atoms with E-state index >= 15 is 0 Å². The van der Waals surface area contributed by atoms with Crippen molar-refractivity contribution in [3.63, 3.8) is 0 Å². The Labute approximate surface area is 165 Å². The van der Waals surface area contributed by atoms with E-state index in [1.165, 1.54) is 0 Å². The average Bonchev–Trinajstić information content (AvgIpc) is 3.21. The van der Waals surface area contributed by atoms with E-state index < -0.39 is 12.1 Å². The molecule has 1 saturated carbocycles. The first-order valence-corrected chi connectivity index (χ1v) is 9.65. The zero-order valence-electron chi connectivity index (χ0n) is 16.0. The van der Waals surface area contributed by atoms with Crippen LogP contribution in [0.5, 0.6) is 5.75 Å². The molecular formula is C22H26N2O4. The minimum atomic E-state index is -0.825. The van der Waals surface area contributed by atoms with Gasteiger partial charge in [0.2, 0.25) is 0 Å². The number of esters is 1. The number of benzene rings is 2. The lowest BCUT2D eigenvalue weighted by atomic mass is 10.2. The van der Waals surface area contributed by atoms with Crippen molar-refractivity contribution in [1.29, 1.82) is 0 Å². The summed E-state index contributed by atoms with van der Waals surface area (Å²) >= 11 is 0. The van der Waals surface area contributed by atoms with Crippen molar-refractivity contribution in [3.05, 3.63) is 54.6 Å². The molecule has 0 bridgehead atoms. The second-order valence-electron chi connectivity index (χ2n) is 6.93. The first-order chi connectivity index (χ1) is 13.6. The molecule has 6 heteroatoms. The Hall–Kier alpha value is -3.02. The van der Waals surface area contributed by atoms with Crippen molar-refractivity contribution < 1.29 is 19.1 Å². The number of ether oxygens (including phenoxy) is 2. The maximum absolute atomic E-state index is 12.1. The minimum absolute atomic E-state index is 0.202. The second-order valence-corrected chi connectivity index (χ2v) is 6.93. The number of rotatable bonds is 8. The first kappa shape index (κ1) is 19.7. The van der Waals surface area contributed by atoms with Crippen LogP contribution < -0.4 is 15.4 Å². The normalized spacial score (nSPS) is 14.9. The SMILES string of the molecule is C[C@@H](OC(=O)COc1ccc(Nc2ccccc2)cc1)C(=O)NC1CCCC1. The number of nitrogens with one attached hydrogen (secondary N) is 2. The predicted molar refractivity (Wildman–Crippen MR) is 108 cm³/mol. The summed E-state index contributed by atoms with van der Waals surface area (Å²) in [4.78, 5) is 24.0. The third-order valence-corrected chi connectivity index (χ3v) is 4.65. The van der Waals surface area contributed by atoms with E-state index in [4.69, 9.17) is 9.47 Å². The molecule has 2 aromatic rings. The molecule has 0 aromatic heterocycles. The van der Waals surface area contributed by atoms with Crippen molar-refractivity contribution in [2.24, 2.45) is 0 Å². The van der Waals surface area contributed by atoms with Crippen LogP contribution in [-0.4, -0.2) is 30.6 Å². The molecule has 0 heterocycles. The summed E-state index contributed by atoms with van der Waals surface area (Å²) in [7, 11) is 0. The van der Waals surface area contributed by atoms with Gasteiger partial charge in [0.15, 0.2) is 12.7 Å². The van der Waals surface area contributed by atoms with Gasteiger partial charge in [0.25, 0.3) is 5.91 Å². The zero-order chi connectivity index (χ0) is 19.8. The van der Waals surface area contributed by atoms with Gasteiger partial charge in [-0.15, -0.1) is 0 Å². The van der Waals surface area contributed by atoms with Gasteiger partial charge in [0.1, 0.15) is 5.75 Å². The predicted octanol–water partition coefficient (Wildman–Crippen LogP) is 3.80. The number of para-hydroxylation sites is 1. The van der Waals surface area contributed by atoms with Crippen LogP contribution in [0.15, 0.2) is 54.6 Å². The van der Waals surface area contributed by atoms with E-state index in [0.29, 0.717) is 5.75 Å². The molecule has 1 fully saturated rings. The Bertz CT molecular complexity index is 771. The monoisotopic (exact) mass is 382 g/mol. The molecule has 1 aliphatic rings. The van der Waals surface area contributed by atoms with Crippen molar-refractivity contribution >= 4 is 23.3 Å². The lowest BCUT2D eigenvalue weighted by Crippen LogP contribution is -2.41. The van der Waals surface area contributed by atoms with E-state index in [-0.39, 0.29) is 18.6 Å². The largest absolute Gasteiger partial charge is 0.482 e. The van der Waals surface area contributed by atoms with Crippen LogP contribution in [-0.2, 0) is 14.3 Å². The molecule has 1 aliphatic carbocycles. The lowest BCUT2D eigenvalue weighted by Gasteiger charge is -2.17. The number of hydrogen-bond donors (Lipinski definition) is 2. The van der Waals surface area contributed by atoms with E-state index in [0.717, 1.165) is 37.1 Å². The lowest BCUT2D eigenvalue weighted by molar-refractivity contribution is -0.156. The van der Waals surface area contributed by atoms with E-state index in [1.54, 1.807) is 19.1 Å². The molecule has 148 valence electrons. The molecule has 0 aliphatic heterocycles. The maximum atomic E-state index is 12.1. The van der Waals surface area contributed by atoms with Crippen LogP contribution in [0.3, 0.4) is 0 Å². The summed E-state index contributed by atoms with van der Waals surface area (Å²) in [5, 5.41) is 6.19. The highest BCUT2D eigenvalue weighted by Gasteiger charge is 2.23. The minimum Gasteiger partial charge on any atom is -0.482 e. The van der Waals surface area contributed by atoms with Gasteiger partial charge in [-0.25, -0.2) is 4.79 Å². The van der Waals surface area contributed by atoms with Gasteiger partial charge >= 0.3 is 5.97 Å². The van der Waals surface area contributed by atoms with Crippen molar-refractivity contribution in [2.45, 2.75) is 44.8 Å². The molecule has 1 atom stereocenters. The number of anilines is 2. The molecule has 0 radical (unpaired) electrons. The molecule has 2 aromatic carbocycles. The van der Waals surface area contributed by atoms with E-state index in [2.05, 4.69) is 10.6 Å². The van der Waals surface area contributed by atoms with Gasteiger partial charge in [0, 0.05) is 17.4 Å². The topological polar surface area (TPSA) is 76.7 Å². The Balaban J connectivity index is 1.40. The Morgan fingerprint density at radius 1 is 1.00 bits per heavy atom. The molecular weight excluding hydrogens is 356 g/mol. The average molecular weight is 382 g/mol. The number of amides is 1. The summed E-state index contributed by atoms with van der Waals surface area (Å²) in [5.74, 6) is -0.268. The standard InChI is InChI=1S/C22H26N2O4/c1-16(22(26)24-18-9-5-6-10-18)28-21(25)15-27-20-13-11-19(12-14-20)23-17-7-3-2-4-8-17/h2-4,7-8,11-14,16,18,23H,5-6,9-10,15H2,1H3,(H,24,26)/t16-/m1/s1. The van der Waals surface area contributed by atoms with Crippen LogP contribution in [0.4, 0.5) is 11.4 Å².